The van der Waals surface area contributed by atoms with E-state index in [0.29, 0.717) is 16.8 Å². The molecule has 1 aromatic heterocycles. The summed E-state index contributed by atoms with van der Waals surface area (Å²) >= 11 is 0. The molecule has 1 heterocycles. The Morgan fingerprint density at radius 3 is 2.36 bits per heavy atom. The Morgan fingerprint density at radius 2 is 1.60 bits per heavy atom. The van der Waals surface area contributed by atoms with Crippen LogP contribution in [0.15, 0.2) is 76.0 Å². The number of benzene rings is 3. The fraction of sp³-hybridized carbons (Fsp3) is 0. The van der Waals surface area contributed by atoms with E-state index in [9.17, 15) is 8.42 Å². The Morgan fingerprint density at radius 1 is 0.880 bits per heavy atom. The minimum Gasteiger partial charge on any atom is -0.456 e. The van der Waals surface area contributed by atoms with E-state index in [1.807, 2.05) is 30.3 Å². The van der Waals surface area contributed by atoms with Gasteiger partial charge in [-0.1, -0.05) is 18.2 Å². The molecule has 0 radical (unpaired) electrons. The first-order chi connectivity index (χ1) is 12.1. The maximum Gasteiger partial charge on any atom is 0.261 e. The van der Waals surface area contributed by atoms with Gasteiger partial charge in [0.2, 0.25) is 0 Å². The Labute approximate surface area is 144 Å². The van der Waals surface area contributed by atoms with Crippen molar-refractivity contribution in [1.29, 1.82) is 5.26 Å². The third kappa shape index (κ3) is 2.71. The fourth-order valence-electron chi connectivity index (χ4n) is 2.71. The molecule has 5 nitrogen and oxygen atoms in total. The van der Waals surface area contributed by atoms with Gasteiger partial charge in [-0.05, 0) is 48.5 Å². The normalized spacial score (nSPS) is 11.5. The highest BCUT2D eigenvalue weighted by atomic mass is 32.2. The number of nitrogens with one attached hydrogen (secondary N) is 1. The third-order valence-electron chi connectivity index (χ3n) is 3.92. The van der Waals surface area contributed by atoms with Gasteiger partial charge in [-0.3, -0.25) is 4.72 Å². The minimum absolute atomic E-state index is 0.101. The second-order valence-electron chi connectivity index (χ2n) is 5.55. The molecule has 0 bridgehead atoms. The quantitative estimate of drug-likeness (QED) is 0.600. The van der Waals surface area contributed by atoms with Gasteiger partial charge in [-0.25, -0.2) is 8.42 Å². The third-order valence-corrected chi connectivity index (χ3v) is 5.32. The van der Waals surface area contributed by atoms with E-state index in [2.05, 4.69) is 4.72 Å². The summed E-state index contributed by atoms with van der Waals surface area (Å²) in [4.78, 5) is 0.101. The lowest BCUT2D eigenvalue weighted by Crippen LogP contribution is -2.12. The van der Waals surface area contributed by atoms with Crippen LogP contribution in [0.1, 0.15) is 5.56 Å². The van der Waals surface area contributed by atoms with Gasteiger partial charge in [-0.15, -0.1) is 0 Å². The average Bonchev–Trinajstić information content (AvgIpc) is 2.99. The lowest BCUT2D eigenvalue weighted by molar-refractivity contribution is 0.601. The van der Waals surface area contributed by atoms with Gasteiger partial charge in [0.25, 0.3) is 10.0 Å². The van der Waals surface area contributed by atoms with Gasteiger partial charge >= 0.3 is 0 Å². The van der Waals surface area contributed by atoms with Crippen molar-refractivity contribution in [1.82, 2.24) is 0 Å². The standard InChI is InChI=1S/C19H12N2O3S/c20-12-13-5-8-15(9-6-13)25(22,23)21-14-7-10-19-17(11-14)16-3-1-2-4-18(16)24-19/h1-11,21H. The molecule has 122 valence electrons. The largest absolute Gasteiger partial charge is 0.456 e. The maximum absolute atomic E-state index is 12.5. The summed E-state index contributed by atoms with van der Waals surface area (Å²) in [5.74, 6) is 0. The molecular weight excluding hydrogens is 336 g/mol. The summed E-state index contributed by atoms with van der Waals surface area (Å²) in [5.41, 5.74) is 2.31. The summed E-state index contributed by atoms with van der Waals surface area (Å²) in [6, 6.07) is 20.5. The number of fused-ring (bicyclic) bond motifs is 3. The van der Waals surface area contributed by atoms with E-state index in [1.165, 1.54) is 24.3 Å². The zero-order chi connectivity index (χ0) is 17.4. The molecule has 0 aliphatic carbocycles. The van der Waals surface area contributed by atoms with Crippen molar-refractivity contribution in [3.8, 4) is 6.07 Å². The molecule has 3 aromatic carbocycles. The molecule has 4 rings (SSSR count). The predicted octanol–water partition coefficient (Wildman–Crippen LogP) is 4.26. The maximum atomic E-state index is 12.5. The number of rotatable bonds is 3. The number of nitrogens with zero attached hydrogens (tertiary/aromatic N) is 1. The Bertz CT molecular complexity index is 1230. The SMILES string of the molecule is N#Cc1ccc(S(=O)(=O)Nc2ccc3oc4ccccc4c3c2)cc1. The Balaban J connectivity index is 1.74. The molecule has 6 heteroatoms. The van der Waals surface area contributed by atoms with Crippen molar-refractivity contribution >= 4 is 37.6 Å². The van der Waals surface area contributed by atoms with Crippen LogP contribution in [0.5, 0.6) is 0 Å². The van der Waals surface area contributed by atoms with Crippen LogP contribution in [0.2, 0.25) is 0 Å². The van der Waals surface area contributed by atoms with Crippen molar-refractivity contribution in [2.75, 3.05) is 4.72 Å². The molecule has 0 atom stereocenters. The summed E-state index contributed by atoms with van der Waals surface area (Å²) in [6.07, 6.45) is 0. The zero-order valence-corrected chi connectivity index (χ0v) is 13.7. The molecule has 0 spiro atoms. The van der Waals surface area contributed by atoms with E-state index < -0.39 is 10.0 Å². The highest BCUT2D eigenvalue weighted by Gasteiger charge is 2.15. The molecule has 0 unspecified atom stereocenters. The molecule has 0 amide bonds. The lowest BCUT2D eigenvalue weighted by atomic mass is 10.1. The van der Waals surface area contributed by atoms with E-state index in [1.54, 1.807) is 18.2 Å². The number of anilines is 1. The second kappa shape index (κ2) is 5.65. The average molecular weight is 348 g/mol. The minimum atomic E-state index is -3.73. The summed E-state index contributed by atoms with van der Waals surface area (Å²) in [5, 5.41) is 10.6. The first kappa shape index (κ1) is 15.2. The van der Waals surface area contributed by atoms with Gasteiger partial charge in [0.1, 0.15) is 11.2 Å². The van der Waals surface area contributed by atoms with Gasteiger partial charge in [0, 0.05) is 16.5 Å². The predicted molar refractivity (Wildman–Crippen MR) is 95.7 cm³/mol. The molecule has 1 N–H and O–H groups in total. The van der Waals surface area contributed by atoms with Crippen LogP contribution in [0.4, 0.5) is 5.69 Å². The number of furan rings is 1. The molecule has 0 saturated carbocycles. The molecular formula is C19H12N2O3S. The summed E-state index contributed by atoms with van der Waals surface area (Å²) < 4.78 is 33.3. The molecule has 4 aromatic rings. The number of hydrogen-bond donors (Lipinski definition) is 1. The van der Waals surface area contributed by atoms with Crippen LogP contribution in [0.25, 0.3) is 21.9 Å². The van der Waals surface area contributed by atoms with Gasteiger partial charge in [-0.2, -0.15) is 5.26 Å². The van der Waals surface area contributed by atoms with Crippen molar-refractivity contribution in [3.63, 3.8) is 0 Å². The van der Waals surface area contributed by atoms with E-state index in [0.717, 1.165) is 16.4 Å². The number of sulfonamides is 1. The van der Waals surface area contributed by atoms with Crippen LogP contribution < -0.4 is 4.72 Å². The fourth-order valence-corrected chi connectivity index (χ4v) is 3.76. The van der Waals surface area contributed by atoms with Crippen LogP contribution in [-0.2, 0) is 10.0 Å². The Kier molecular flexibility index (Phi) is 3.45. The van der Waals surface area contributed by atoms with E-state index in [4.69, 9.17) is 9.68 Å². The summed E-state index contributed by atoms with van der Waals surface area (Å²) in [7, 11) is -3.73. The van der Waals surface area contributed by atoms with Crippen molar-refractivity contribution < 1.29 is 12.8 Å². The van der Waals surface area contributed by atoms with Crippen molar-refractivity contribution in [2.24, 2.45) is 0 Å². The molecule has 0 aliphatic heterocycles. The topological polar surface area (TPSA) is 83.1 Å². The van der Waals surface area contributed by atoms with Gasteiger partial charge < -0.3 is 4.42 Å². The van der Waals surface area contributed by atoms with Crippen LogP contribution in [-0.4, -0.2) is 8.42 Å². The first-order valence-corrected chi connectivity index (χ1v) is 8.99. The highest BCUT2D eigenvalue weighted by molar-refractivity contribution is 7.92. The monoisotopic (exact) mass is 348 g/mol. The first-order valence-electron chi connectivity index (χ1n) is 7.51. The van der Waals surface area contributed by atoms with Gasteiger partial charge in [0.15, 0.2) is 0 Å². The van der Waals surface area contributed by atoms with Gasteiger partial charge in [0.05, 0.1) is 16.5 Å². The number of nitriles is 1. The second-order valence-corrected chi connectivity index (χ2v) is 7.23. The molecule has 25 heavy (non-hydrogen) atoms. The lowest BCUT2D eigenvalue weighted by Gasteiger charge is -2.08. The molecule has 0 saturated heterocycles. The molecule has 0 fully saturated rings. The Hall–Kier alpha value is -3.30. The highest BCUT2D eigenvalue weighted by Crippen LogP contribution is 2.31. The van der Waals surface area contributed by atoms with Crippen molar-refractivity contribution in [2.45, 2.75) is 4.90 Å². The van der Waals surface area contributed by atoms with E-state index >= 15 is 0 Å². The number of para-hydroxylation sites is 1. The molecule has 0 aliphatic rings. The summed E-state index contributed by atoms with van der Waals surface area (Å²) in [6.45, 7) is 0. The smallest absolute Gasteiger partial charge is 0.261 e. The zero-order valence-electron chi connectivity index (χ0n) is 12.9. The van der Waals surface area contributed by atoms with Crippen LogP contribution >= 0.6 is 0 Å². The van der Waals surface area contributed by atoms with Crippen molar-refractivity contribution in [3.05, 3.63) is 72.3 Å². The van der Waals surface area contributed by atoms with Crippen LogP contribution in [0, 0.1) is 11.3 Å². The van der Waals surface area contributed by atoms with E-state index in [-0.39, 0.29) is 4.90 Å². The number of hydrogen-bond acceptors (Lipinski definition) is 4. The van der Waals surface area contributed by atoms with Crippen LogP contribution in [0.3, 0.4) is 0 Å².